The lowest BCUT2D eigenvalue weighted by Crippen LogP contribution is -2.19. The molecule has 0 fully saturated rings. The van der Waals surface area contributed by atoms with Gasteiger partial charge < -0.3 is 4.74 Å². The van der Waals surface area contributed by atoms with E-state index in [9.17, 15) is 4.79 Å². The Morgan fingerprint density at radius 1 is 0.955 bits per heavy atom. The molecule has 0 radical (unpaired) electrons. The first-order valence-electron chi connectivity index (χ1n) is 9.22. The zero-order valence-electron chi connectivity index (χ0n) is 15.6. The molecule has 2 nitrogen and oxygen atoms in total. The molecular formula is C20H38O2. The van der Waals surface area contributed by atoms with Crippen LogP contribution >= 0.6 is 0 Å². The second kappa shape index (κ2) is 12.7. The Hall–Kier alpha value is -0.790. The van der Waals surface area contributed by atoms with E-state index in [-0.39, 0.29) is 5.97 Å². The fourth-order valence-electron chi connectivity index (χ4n) is 2.79. The maximum atomic E-state index is 11.4. The Morgan fingerprint density at radius 3 is 2.09 bits per heavy atom. The zero-order valence-corrected chi connectivity index (χ0v) is 15.6. The normalized spacial score (nSPS) is 15.1. The molecular weight excluding hydrogens is 272 g/mol. The lowest BCUT2D eigenvalue weighted by atomic mass is 9.81. The molecule has 0 aliphatic carbocycles. The van der Waals surface area contributed by atoms with Crippen molar-refractivity contribution >= 4 is 5.97 Å². The van der Waals surface area contributed by atoms with Gasteiger partial charge in [-0.15, -0.1) is 0 Å². The number of esters is 1. The average Bonchev–Trinajstić information content (AvgIpc) is 2.49. The van der Waals surface area contributed by atoms with Crippen LogP contribution in [0.1, 0.15) is 86.0 Å². The molecule has 0 amide bonds. The van der Waals surface area contributed by atoms with Crippen LogP contribution in [0.3, 0.4) is 0 Å². The number of carbonyl (C=O) groups excluding carboxylic acids is 1. The molecule has 0 aliphatic heterocycles. The minimum atomic E-state index is -0.264. The van der Waals surface area contributed by atoms with Crippen molar-refractivity contribution < 1.29 is 9.53 Å². The molecule has 0 spiro atoms. The van der Waals surface area contributed by atoms with Gasteiger partial charge in [-0.2, -0.15) is 0 Å². The van der Waals surface area contributed by atoms with Crippen molar-refractivity contribution in [2.75, 3.05) is 6.61 Å². The molecule has 0 rings (SSSR count). The van der Waals surface area contributed by atoms with E-state index in [0.717, 1.165) is 12.3 Å². The number of unbranched alkanes of at least 4 members (excludes halogenated alkanes) is 5. The van der Waals surface area contributed by atoms with Crippen molar-refractivity contribution in [2.24, 2.45) is 17.8 Å². The predicted molar refractivity (Wildman–Crippen MR) is 95.9 cm³/mol. The van der Waals surface area contributed by atoms with Crippen LogP contribution in [-0.2, 0) is 9.53 Å². The standard InChI is InChI=1S/C20H38O2/c1-7-8-9-10-11-12-13-17(4)19(6)18(5)14-15-22-20(21)16(2)3/h17-19H,2,7-15H2,1,3-6H3. The summed E-state index contributed by atoms with van der Waals surface area (Å²) in [5, 5.41) is 0. The Morgan fingerprint density at radius 2 is 1.50 bits per heavy atom. The van der Waals surface area contributed by atoms with Gasteiger partial charge in [-0.05, 0) is 31.1 Å². The highest BCUT2D eigenvalue weighted by atomic mass is 16.5. The van der Waals surface area contributed by atoms with Crippen LogP contribution in [0, 0.1) is 17.8 Å². The molecule has 0 heterocycles. The van der Waals surface area contributed by atoms with Gasteiger partial charge in [0.05, 0.1) is 6.61 Å². The fourth-order valence-corrected chi connectivity index (χ4v) is 2.79. The van der Waals surface area contributed by atoms with Gasteiger partial charge in [0, 0.05) is 5.57 Å². The summed E-state index contributed by atoms with van der Waals surface area (Å²) in [4.78, 5) is 11.4. The molecule has 22 heavy (non-hydrogen) atoms. The topological polar surface area (TPSA) is 26.3 Å². The minimum Gasteiger partial charge on any atom is -0.462 e. The summed E-state index contributed by atoms with van der Waals surface area (Å²) >= 11 is 0. The zero-order chi connectivity index (χ0) is 17.0. The van der Waals surface area contributed by atoms with Gasteiger partial charge in [0.25, 0.3) is 0 Å². The van der Waals surface area contributed by atoms with Crippen LogP contribution in [0.4, 0.5) is 0 Å². The number of hydrogen-bond donors (Lipinski definition) is 0. The Bertz CT molecular complexity index is 309. The molecule has 2 heteroatoms. The highest BCUT2D eigenvalue weighted by molar-refractivity contribution is 5.86. The van der Waals surface area contributed by atoms with Crippen LogP contribution < -0.4 is 0 Å². The third-order valence-corrected chi connectivity index (χ3v) is 4.96. The molecule has 0 saturated carbocycles. The van der Waals surface area contributed by atoms with E-state index in [1.165, 1.54) is 44.9 Å². The van der Waals surface area contributed by atoms with Crippen molar-refractivity contribution in [1.82, 2.24) is 0 Å². The molecule has 0 aromatic heterocycles. The van der Waals surface area contributed by atoms with Gasteiger partial charge in [0.15, 0.2) is 0 Å². The van der Waals surface area contributed by atoms with Gasteiger partial charge in [0.2, 0.25) is 0 Å². The molecule has 130 valence electrons. The van der Waals surface area contributed by atoms with Gasteiger partial charge in [0.1, 0.15) is 0 Å². The Kier molecular flexibility index (Phi) is 12.3. The van der Waals surface area contributed by atoms with Crippen LogP contribution in [-0.4, -0.2) is 12.6 Å². The smallest absolute Gasteiger partial charge is 0.333 e. The second-order valence-corrected chi connectivity index (χ2v) is 7.08. The highest BCUT2D eigenvalue weighted by Gasteiger charge is 2.19. The first kappa shape index (κ1) is 21.2. The second-order valence-electron chi connectivity index (χ2n) is 7.08. The minimum absolute atomic E-state index is 0.264. The summed E-state index contributed by atoms with van der Waals surface area (Å²) in [6.07, 6.45) is 10.5. The first-order valence-corrected chi connectivity index (χ1v) is 9.22. The van der Waals surface area contributed by atoms with E-state index in [1.54, 1.807) is 6.92 Å². The number of rotatable bonds is 13. The molecule has 0 saturated heterocycles. The van der Waals surface area contributed by atoms with E-state index in [4.69, 9.17) is 4.74 Å². The van der Waals surface area contributed by atoms with E-state index < -0.39 is 0 Å². The summed E-state index contributed by atoms with van der Waals surface area (Å²) in [6, 6.07) is 0. The molecule has 0 aliphatic rings. The third kappa shape index (κ3) is 10.0. The summed E-state index contributed by atoms with van der Waals surface area (Å²) in [6.45, 7) is 15.1. The SMILES string of the molecule is C=C(C)C(=O)OCCC(C)C(C)C(C)CCCCCCCC. The summed E-state index contributed by atoms with van der Waals surface area (Å²) in [5.41, 5.74) is 0.483. The van der Waals surface area contributed by atoms with Gasteiger partial charge >= 0.3 is 5.97 Å². The fraction of sp³-hybridized carbons (Fsp3) is 0.850. The number of ether oxygens (including phenoxy) is 1. The summed E-state index contributed by atoms with van der Waals surface area (Å²) in [7, 11) is 0. The Balaban J connectivity index is 3.79. The van der Waals surface area contributed by atoms with E-state index in [1.807, 2.05) is 0 Å². The molecule has 3 unspecified atom stereocenters. The van der Waals surface area contributed by atoms with Crippen molar-refractivity contribution in [1.29, 1.82) is 0 Å². The maximum absolute atomic E-state index is 11.4. The van der Waals surface area contributed by atoms with Gasteiger partial charge in [-0.25, -0.2) is 4.79 Å². The largest absolute Gasteiger partial charge is 0.462 e. The molecule has 0 aromatic carbocycles. The van der Waals surface area contributed by atoms with Crippen molar-refractivity contribution in [2.45, 2.75) is 86.0 Å². The first-order chi connectivity index (χ1) is 10.4. The van der Waals surface area contributed by atoms with E-state index in [2.05, 4.69) is 34.3 Å². The van der Waals surface area contributed by atoms with Gasteiger partial charge in [-0.1, -0.05) is 79.2 Å². The molecule has 0 aromatic rings. The number of carbonyl (C=O) groups is 1. The lowest BCUT2D eigenvalue weighted by molar-refractivity contribution is -0.139. The van der Waals surface area contributed by atoms with Crippen molar-refractivity contribution in [3.8, 4) is 0 Å². The molecule has 3 atom stereocenters. The predicted octanol–water partition coefficient (Wildman–Crippen LogP) is 6.15. The summed E-state index contributed by atoms with van der Waals surface area (Å²) in [5.74, 6) is 1.75. The average molecular weight is 311 g/mol. The third-order valence-electron chi connectivity index (χ3n) is 4.96. The maximum Gasteiger partial charge on any atom is 0.333 e. The van der Waals surface area contributed by atoms with Crippen LogP contribution in [0.15, 0.2) is 12.2 Å². The van der Waals surface area contributed by atoms with E-state index >= 15 is 0 Å². The van der Waals surface area contributed by atoms with Gasteiger partial charge in [-0.3, -0.25) is 0 Å². The van der Waals surface area contributed by atoms with Crippen molar-refractivity contribution in [3.63, 3.8) is 0 Å². The van der Waals surface area contributed by atoms with Crippen molar-refractivity contribution in [3.05, 3.63) is 12.2 Å². The lowest BCUT2D eigenvalue weighted by Gasteiger charge is -2.26. The molecule has 0 bridgehead atoms. The van der Waals surface area contributed by atoms with Crippen LogP contribution in [0.5, 0.6) is 0 Å². The number of hydrogen-bond acceptors (Lipinski definition) is 2. The Labute approximate surface area is 138 Å². The van der Waals surface area contributed by atoms with Crippen LogP contribution in [0.2, 0.25) is 0 Å². The summed E-state index contributed by atoms with van der Waals surface area (Å²) < 4.78 is 5.20. The monoisotopic (exact) mass is 310 g/mol. The quantitative estimate of drug-likeness (QED) is 0.231. The molecule has 0 N–H and O–H groups in total. The van der Waals surface area contributed by atoms with Crippen LogP contribution in [0.25, 0.3) is 0 Å². The van der Waals surface area contributed by atoms with E-state index in [0.29, 0.717) is 24.0 Å². The highest BCUT2D eigenvalue weighted by Crippen LogP contribution is 2.27.